The number of carbonyl (C=O) groups is 1. The Morgan fingerprint density at radius 1 is 1.19 bits per heavy atom. The molecular weight excluding hydrogens is 411 g/mol. The molecule has 2 bridgehead atoms. The predicted octanol–water partition coefficient (Wildman–Crippen LogP) is 3.71. The molecule has 2 aliphatic rings. The molecule has 2 aliphatic heterocycles. The Kier molecular flexibility index (Phi) is 6.58. The molecular formula is C24H27FN4O3. The third-order valence-electron chi connectivity index (χ3n) is 6.28. The molecule has 2 heterocycles. The Labute approximate surface area is 187 Å². The fourth-order valence-corrected chi connectivity index (χ4v) is 4.75. The molecule has 7 nitrogen and oxygen atoms in total. The minimum atomic E-state index is -1.15. The zero-order valence-corrected chi connectivity index (χ0v) is 18.0. The van der Waals surface area contributed by atoms with Crippen molar-refractivity contribution < 1.29 is 19.1 Å². The van der Waals surface area contributed by atoms with Crippen LogP contribution >= 0.6 is 0 Å². The molecule has 8 heteroatoms. The topological polar surface area (TPSA) is 80.0 Å². The van der Waals surface area contributed by atoms with Gasteiger partial charge < -0.3 is 9.94 Å². The van der Waals surface area contributed by atoms with Crippen LogP contribution in [0, 0.1) is 17.1 Å². The standard InChI is InChI=1S/C24H27FN4O3/c1-17(29(24(30)31)32-23-10-4-18(12-26)5-11-23)13-28-21-8-9-22(28)16-27(15-21)14-19-2-6-20(25)7-3-19/h2-7,10-11,17,21-22H,8-9,13-16H2,1H3,(H,30,31). The largest absolute Gasteiger partial charge is 0.463 e. The first-order valence-corrected chi connectivity index (χ1v) is 10.9. The van der Waals surface area contributed by atoms with Gasteiger partial charge in [-0.2, -0.15) is 5.26 Å². The van der Waals surface area contributed by atoms with Crippen LogP contribution in [0.1, 0.15) is 30.9 Å². The molecule has 2 fully saturated rings. The number of amides is 1. The number of likely N-dealkylation sites (tertiary alicyclic amines) is 1. The molecule has 3 unspecified atom stereocenters. The molecule has 1 amide bonds. The van der Waals surface area contributed by atoms with Gasteiger partial charge in [0, 0.05) is 38.3 Å². The monoisotopic (exact) mass is 438 g/mol. The molecule has 0 saturated carbocycles. The molecule has 2 aromatic rings. The van der Waals surface area contributed by atoms with Gasteiger partial charge in [0.1, 0.15) is 5.82 Å². The van der Waals surface area contributed by atoms with Crippen LogP contribution in [0.5, 0.6) is 5.75 Å². The lowest BCUT2D eigenvalue weighted by molar-refractivity contribution is -0.0784. The smallest absolute Gasteiger partial charge is 0.441 e. The van der Waals surface area contributed by atoms with Gasteiger partial charge in [-0.25, -0.2) is 9.18 Å². The van der Waals surface area contributed by atoms with E-state index in [9.17, 15) is 14.3 Å². The van der Waals surface area contributed by atoms with Crippen molar-refractivity contribution in [2.45, 2.75) is 44.4 Å². The van der Waals surface area contributed by atoms with Crippen LogP contribution in [0.4, 0.5) is 9.18 Å². The SMILES string of the molecule is CC(CN1C2CCC1CN(Cc1ccc(F)cc1)C2)N(Oc1ccc(C#N)cc1)C(=O)O. The number of nitrogens with zero attached hydrogens (tertiary/aromatic N) is 4. The molecule has 0 spiro atoms. The average molecular weight is 439 g/mol. The summed E-state index contributed by atoms with van der Waals surface area (Å²) in [5, 5.41) is 19.6. The van der Waals surface area contributed by atoms with Gasteiger partial charge in [0.25, 0.3) is 0 Å². The minimum absolute atomic E-state index is 0.223. The van der Waals surface area contributed by atoms with E-state index in [-0.39, 0.29) is 11.9 Å². The number of hydroxylamine groups is 2. The fourth-order valence-electron chi connectivity index (χ4n) is 4.75. The summed E-state index contributed by atoms with van der Waals surface area (Å²) in [7, 11) is 0. The van der Waals surface area contributed by atoms with E-state index in [4.69, 9.17) is 10.1 Å². The highest BCUT2D eigenvalue weighted by atomic mass is 19.1. The highest BCUT2D eigenvalue weighted by molar-refractivity contribution is 5.64. The molecule has 4 rings (SSSR count). The first-order valence-electron chi connectivity index (χ1n) is 10.9. The lowest BCUT2D eigenvalue weighted by atomic mass is 10.1. The molecule has 1 N–H and O–H groups in total. The predicted molar refractivity (Wildman–Crippen MR) is 116 cm³/mol. The lowest BCUT2D eigenvalue weighted by Gasteiger charge is -2.43. The van der Waals surface area contributed by atoms with Crippen molar-refractivity contribution in [1.29, 1.82) is 5.26 Å². The van der Waals surface area contributed by atoms with Crippen LogP contribution in [0.2, 0.25) is 0 Å². The van der Waals surface area contributed by atoms with Gasteiger partial charge in [-0.3, -0.25) is 9.80 Å². The van der Waals surface area contributed by atoms with Gasteiger partial charge in [-0.15, -0.1) is 5.06 Å². The van der Waals surface area contributed by atoms with Gasteiger partial charge in [0.05, 0.1) is 17.7 Å². The van der Waals surface area contributed by atoms with Crippen molar-refractivity contribution in [1.82, 2.24) is 14.9 Å². The van der Waals surface area contributed by atoms with E-state index in [1.54, 1.807) is 24.3 Å². The second-order valence-electron chi connectivity index (χ2n) is 8.59. The number of hydrogen-bond donors (Lipinski definition) is 1. The highest BCUT2D eigenvalue weighted by Gasteiger charge is 2.41. The summed E-state index contributed by atoms with van der Waals surface area (Å²) in [6.45, 7) is 5.04. The summed E-state index contributed by atoms with van der Waals surface area (Å²) in [6.07, 6.45) is 1.02. The first-order chi connectivity index (χ1) is 15.4. The number of piperazine rings is 1. The Hall–Kier alpha value is -3.15. The Morgan fingerprint density at radius 2 is 1.81 bits per heavy atom. The average Bonchev–Trinajstić information content (AvgIpc) is 3.01. The fraction of sp³-hybridized carbons (Fsp3) is 0.417. The Bertz CT molecular complexity index is 962. The van der Waals surface area contributed by atoms with Gasteiger partial charge in [0.2, 0.25) is 0 Å². The Morgan fingerprint density at radius 3 is 2.38 bits per heavy atom. The second-order valence-corrected chi connectivity index (χ2v) is 8.59. The van der Waals surface area contributed by atoms with Gasteiger partial charge in [-0.05, 0) is 61.7 Å². The summed E-state index contributed by atoms with van der Waals surface area (Å²) >= 11 is 0. The Balaban J connectivity index is 1.36. The van der Waals surface area contributed by atoms with Crippen molar-refractivity contribution >= 4 is 6.09 Å². The molecule has 3 atom stereocenters. The quantitative estimate of drug-likeness (QED) is 0.664. The number of halogens is 1. The van der Waals surface area contributed by atoms with E-state index >= 15 is 0 Å². The second kappa shape index (κ2) is 9.55. The van der Waals surface area contributed by atoms with E-state index in [0.717, 1.165) is 43.1 Å². The van der Waals surface area contributed by atoms with Crippen LogP contribution in [0.25, 0.3) is 0 Å². The highest BCUT2D eigenvalue weighted by Crippen LogP contribution is 2.31. The van der Waals surface area contributed by atoms with E-state index in [2.05, 4.69) is 9.80 Å². The summed E-state index contributed by atoms with van der Waals surface area (Å²) in [5.41, 5.74) is 1.59. The summed E-state index contributed by atoms with van der Waals surface area (Å²) < 4.78 is 13.2. The zero-order chi connectivity index (χ0) is 22.7. The van der Waals surface area contributed by atoms with Crippen LogP contribution < -0.4 is 4.84 Å². The van der Waals surface area contributed by atoms with Crippen LogP contribution in [-0.4, -0.2) is 63.8 Å². The number of carboxylic acid groups (broad SMARTS) is 1. The maximum Gasteiger partial charge on any atom is 0.441 e. The molecule has 168 valence electrons. The van der Waals surface area contributed by atoms with Crippen LogP contribution in [0.3, 0.4) is 0 Å². The van der Waals surface area contributed by atoms with Crippen molar-refractivity contribution in [2.75, 3.05) is 19.6 Å². The maximum atomic E-state index is 13.2. The van der Waals surface area contributed by atoms with Crippen molar-refractivity contribution in [3.63, 3.8) is 0 Å². The molecule has 0 aromatic heterocycles. The van der Waals surface area contributed by atoms with Crippen molar-refractivity contribution in [3.05, 3.63) is 65.5 Å². The summed E-state index contributed by atoms with van der Waals surface area (Å²) in [4.78, 5) is 22.3. The summed E-state index contributed by atoms with van der Waals surface area (Å²) in [5.74, 6) is 0.157. The molecule has 0 aliphatic carbocycles. The van der Waals surface area contributed by atoms with Gasteiger partial charge >= 0.3 is 6.09 Å². The molecule has 32 heavy (non-hydrogen) atoms. The third-order valence-corrected chi connectivity index (χ3v) is 6.28. The number of hydrogen-bond acceptors (Lipinski definition) is 5. The van der Waals surface area contributed by atoms with Crippen molar-refractivity contribution in [2.24, 2.45) is 0 Å². The number of nitriles is 1. The van der Waals surface area contributed by atoms with Gasteiger partial charge in [0.15, 0.2) is 5.75 Å². The van der Waals surface area contributed by atoms with E-state index in [0.29, 0.717) is 29.9 Å². The normalized spacial score (nSPS) is 21.7. The van der Waals surface area contributed by atoms with Gasteiger partial charge in [-0.1, -0.05) is 12.1 Å². The molecule has 2 saturated heterocycles. The zero-order valence-electron chi connectivity index (χ0n) is 18.0. The summed E-state index contributed by atoms with van der Waals surface area (Å²) in [6, 6.07) is 15.4. The van der Waals surface area contributed by atoms with E-state index in [1.807, 2.05) is 25.1 Å². The number of benzene rings is 2. The van der Waals surface area contributed by atoms with E-state index in [1.165, 1.54) is 12.1 Å². The maximum absolute atomic E-state index is 13.2. The minimum Gasteiger partial charge on any atom is -0.463 e. The van der Waals surface area contributed by atoms with Crippen LogP contribution in [0.15, 0.2) is 48.5 Å². The first kappa shape index (κ1) is 22.1. The van der Waals surface area contributed by atoms with E-state index < -0.39 is 6.09 Å². The molecule has 0 radical (unpaired) electrons. The number of rotatable bonds is 7. The lowest BCUT2D eigenvalue weighted by Crippen LogP contribution is -2.57. The third kappa shape index (κ3) is 5.01. The van der Waals surface area contributed by atoms with Crippen molar-refractivity contribution in [3.8, 4) is 11.8 Å². The number of fused-ring (bicyclic) bond motifs is 2. The molecule has 2 aromatic carbocycles. The van der Waals surface area contributed by atoms with Crippen LogP contribution in [-0.2, 0) is 6.54 Å².